The molecule has 0 amide bonds. The quantitative estimate of drug-likeness (QED) is 0.869. The topological polar surface area (TPSA) is 64.1 Å². The molecule has 0 aliphatic heterocycles. The minimum atomic E-state index is -0.560. The number of methoxy groups -OCH3 is 1. The molecule has 5 nitrogen and oxygen atoms in total. The molecule has 0 radical (unpaired) electrons. The summed E-state index contributed by atoms with van der Waals surface area (Å²) in [6.07, 6.45) is 0. The van der Waals surface area contributed by atoms with E-state index < -0.39 is 11.2 Å². The van der Waals surface area contributed by atoms with Crippen LogP contribution in [0.25, 0.3) is 5.69 Å². The number of nitrogens with zero attached hydrogens (tertiary/aromatic N) is 1. The SMILES string of the molecule is COCc1cccc(-n2c(=O)[nH]c(Cl)c(C)c2=O)c1. The van der Waals surface area contributed by atoms with Crippen LogP contribution in [0.3, 0.4) is 0 Å². The van der Waals surface area contributed by atoms with E-state index in [1.54, 1.807) is 32.2 Å². The highest BCUT2D eigenvalue weighted by atomic mass is 35.5. The largest absolute Gasteiger partial charge is 0.380 e. The third kappa shape index (κ3) is 2.62. The molecule has 1 aromatic heterocycles. The van der Waals surface area contributed by atoms with Gasteiger partial charge < -0.3 is 4.74 Å². The van der Waals surface area contributed by atoms with Crippen molar-refractivity contribution < 1.29 is 4.74 Å². The predicted molar refractivity (Wildman–Crippen MR) is 73.1 cm³/mol. The van der Waals surface area contributed by atoms with E-state index in [9.17, 15) is 9.59 Å². The number of hydrogen-bond donors (Lipinski definition) is 1. The van der Waals surface area contributed by atoms with Crippen LogP contribution in [-0.2, 0) is 11.3 Å². The van der Waals surface area contributed by atoms with E-state index in [-0.39, 0.29) is 5.15 Å². The highest BCUT2D eigenvalue weighted by molar-refractivity contribution is 6.30. The molecule has 0 fully saturated rings. The maximum atomic E-state index is 12.1. The lowest BCUT2D eigenvalue weighted by Crippen LogP contribution is -2.35. The molecule has 0 saturated heterocycles. The first-order valence-electron chi connectivity index (χ1n) is 5.64. The predicted octanol–water partition coefficient (Wildman–Crippen LogP) is 1.63. The van der Waals surface area contributed by atoms with Crippen LogP contribution in [0.15, 0.2) is 33.9 Å². The average Bonchev–Trinajstić information content (AvgIpc) is 2.37. The Morgan fingerprint density at radius 3 is 2.79 bits per heavy atom. The number of aromatic amines is 1. The number of nitrogens with one attached hydrogen (secondary N) is 1. The van der Waals surface area contributed by atoms with Gasteiger partial charge in [-0.15, -0.1) is 0 Å². The summed E-state index contributed by atoms with van der Waals surface area (Å²) in [5.74, 6) is 0. The highest BCUT2D eigenvalue weighted by Crippen LogP contribution is 2.10. The number of ether oxygens (including phenoxy) is 1. The van der Waals surface area contributed by atoms with Crippen molar-refractivity contribution in [2.75, 3.05) is 7.11 Å². The Morgan fingerprint density at radius 1 is 1.37 bits per heavy atom. The summed E-state index contributed by atoms with van der Waals surface area (Å²) in [7, 11) is 1.58. The molecule has 19 heavy (non-hydrogen) atoms. The lowest BCUT2D eigenvalue weighted by molar-refractivity contribution is 0.185. The highest BCUT2D eigenvalue weighted by Gasteiger charge is 2.10. The average molecular weight is 281 g/mol. The summed E-state index contributed by atoms with van der Waals surface area (Å²) in [6, 6.07) is 7.03. The maximum absolute atomic E-state index is 12.1. The van der Waals surface area contributed by atoms with Gasteiger partial charge in [-0.1, -0.05) is 23.7 Å². The molecule has 0 atom stereocenters. The second-order valence-electron chi connectivity index (χ2n) is 4.11. The van der Waals surface area contributed by atoms with Gasteiger partial charge in [-0.05, 0) is 24.6 Å². The van der Waals surface area contributed by atoms with Gasteiger partial charge in [0.25, 0.3) is 5.56 Å². The first kappa shape index (κ1) is 13.6. The van der Waals surface area contributed by atoms with Gasteiger partial charge in [-0.25, -0.2) is 9.36 Å². The molecular formula is C13H13ClN2O3. The summed E-state index contributed by atoms with van der Waals surface area (Å²) >= 11 is 5.77. The number of benzene rings is 1. The molecule has 0 unspecified atom stereocenters. The molecule has 2 rings (SSSR count). The molecule has 2 aromatic rings. The second kappa shape index (κ2) is 5.42. The Balaban J connectivity index is 2.66. The van der Waals surface area contributed by atoms with Gasteiger partial charge in [0.15, 0.2) is 0 Å². The summed E-state index contributed by atoms with van der Waals surface area (Å²) in [5.41, 5.74) is 0.677. The number of rotatable bonds is 3. The zero-order valence-corrected chi connectivity index (χ0v) is 11.3. The van der Waals surface area contributed by atoms with E-state index >= 15 is 0 Å². The Kier molecular flexibility index (Phi) is 3.87. The van der Waals surface area contributed by atoms with Crippen LogP contribution in [0, 0.1) is 6.92 Å². The summed E-state index contributed by atoms with van der Waals surface area (Å²) in [5, 5.41) is 0.0688. The van der Waals surface area contributed by atoms with Gasteiger partial charge in [0.2, 0.25) is 0 Å². The molecule has 0 bridgehead atoms. The maximum Gasteiger partial charge on any atom is 0.334 e. The van der Waals surface area contributed by atoms with Crippen molar-refractivity contribution >= 4 is 11.6 Å². The van der Waals surface area contributed by atoms with Crippen molar-refractivity contribution in [2.24, 2.45) is 0 Å². The fourth-order valence-electron chi connectivity index (χ4n) is 1.78. The van der Waals surface area contributed by atoms with E-state index in [0.29, 0.717) is 17.9 Å². The minimum absolute atomic E-state index is 0.0688. The van der Waals surface area contributed by atoms with Gasteiger partial charge in [0.05, 0.1) is 17.9 Å². The smallest absolute Gasteiger partial charge is 0.334 e. The van der Waals surface area contributed by atoms with Crippen molar-refractivity contribution in [3.05, 3.63) is 61.4 Å². The van der Waals surface area contributed by atoms with Gasteiger partial charge in [0.1, 0.15) is 5.15 Å². The second-order valence-corrected chi connectivity index (χ2v) is 4.49. The van der Waals surface area contributed by atoms with Crippen LogP contribution < -0.4 is 11.2 Å². The molecule has 1 heterocycles. The number of hydrogen-bond acceptors (Lipinski definition) is 3. The first-order chi connectivity index (χ1) is 9.04. The van der Waals surface area contributed by atoms with Crippen LogP contribution in [0.4, 0.5) is 0 Å². The zero-order chi connectivity index (χ0) is 14.0. The third-order valence-corrected chi connectivity index (χ3v) is 3.13. The van der Waals surface area contributed by atoms with Crippen molar-refractivity contribution in [1.29, 1.82) is 0 Å². The number of aromatic nitrogens is 2. The minimum Gasteiger partial charge on any atom is -0.380 e. The van der Waals surface area contributed by atoms with E-state index in [4.69, 9.17) is 16.3 Å². The van der Waals surface area contributed by atoms with Crippen LogP contribution in [0.1, 0.15) is 11.1 Å². The Bertz CT molecular complexity index is 719. The molecule has 0 aliphatic rings. The molecule has 0 spiro atoms. The zero-order valence-electron chi connectivity index (χ0n) is 10.6. The van der Waals surface area contributed by atoms with Crippen molar-refractivity contribution in [2.45, 2.75) is 13.5 Å². The first-order valence-corrected chi connectivity index (χ1v) is 6.02. The summed E-state index contributed by atoms with van der Waals surface area (Å²) in [4.78, 5) is 26.4. The van der Waals surface area contributed by atoms with Crippen molar-refractivity contribution in [3.8, 4) is 5.69 Å². The molecule has 1 aromatic carbocycles. The van der Waals surface area contributed by atoms with Crippen LogP contribution in [-0.4, -0.2) is 16.7 Å². The van der Waals surface area contributed by atoms with Gasteiger partial charge in [-0.3, -0.25) is 9.78 Å². The third-order valence-electron chi connectivity index (χ3n) is 2.75. The molecular weight excluding hydrogens is 268 g/mol. The van der Waals surface area contributed by atoms with E-state index in [2.05, 4.69) is 4.98 Å². The summed E-state index contributed by atoms with van der Waals surface area (Å²) in [6.45, 7) is 1.98. The van der Waals surface area contributed by atoms with Gasteiger partial charge >= 0.3 is 5.69 Å². The van der Waals surface area contributed by atoms with E-state index in [1.165, 1.54) is 0 Å². The Hall–Kier alpha value is -1.85. The lowest BCUT2D eigenvalue weighted by atomic mass is 10.2. The van der Waals surface area contributed by atoms with Gasteiger partial charge in [-0.2, -0.15) is 0 Å². The lowest BCUT2D eigenvalue weighted by Gasteiger charge is -2.08. The van der Waals surface area contributed by atoms with Gasteiger partial charge in [0, 0.05) is 7.11 Å². The molecule has 1 N–H and O–H groups in total. The number of H-pyrrole nitrogens is 1. The fraction of sp³-hybridized carbons (Fsp3) is 0.231. The fourth-order valence-corrected chi connectivity index (χ4v) is 1.95. The monoisotopic (exact) mass is 280 g/mol. The van der Waals surface area contributed by atoms with Crippen LogP contribution in [0.5, 0.6) is 0 Å². The van der Waals surface area contributed by atoms with Crippen molar-refractivity contribution in [1.82, 2.24) is 9.55 Å². The van der Waals surface area contributed by atoms with Crippen molar-refractivity contribution in [3.63, 3.8) is 0 Å². The molecule has 0 saturated carbocycles. The van der Waals surface area contributed by atoms with Crippen LogP contribution in [0.2, 0.25) is 5.15 Å². The normalized spacial score (nSPS) is 10.7. The Morgan fingerprint density at radius 2 is 2.11 bits per heavy atom. The molecule has 100 valence electrons. The van der Waals surface area contributed by atoms with E-state index in [0.717, 1.165) is 10.1 Å². The van der Waals surface area contributed by atoms with Crippen LogP contribution >= 0.6 is 11.6 Å². The number of halogens is 1. The van der Waals surface area contributed by atoms with E-state index in [1.807, 2.05) is 6.07 Å². The summed E-state index contributed by atoms with van der Waals surface area (Å²) < 4.78 is 6.08. The molecule has 6 heteroatoms. The molecule has 0 aliphatic carbocycles. The standard InChI is InChI=1S/C13H13ClN2O3/c1-8-11(14)15-13(18)16(12(8)17)10-5-3-4-9(6-10)7-19-2/h3-6H,7H2,1-2H3,(H,15,18). The Labute approximate surface area is 114 Å².